The molecule has 0 aliphatic carbocycles. The molecule has 0 N–H and O–H groups in total. The molecule has 1 fully saturated rings. The average Bonchev–Trinajstić information content (AvgIpc) is 3.31. The second-order valence-corrected chi connectivity index (χ2v) is 9.52. The highest BCUT2D eigenvalue weighted by Crippen LogP contribution is 2.25. The predicted octanol–water partition coefficient (Wildman–Crippen LogP) is 2.25. The summed E-state index contributed by atoms with van der Waals surface area (Å²) in [5, 5.41) is 4.65. The van der Waals surface area contributed by atoms with E-state index < -0.39 is 9.84 Å². The molecule has 1 atom stereocenters. The maximum atomic E-state index is 13.3. The van der Waals surface area contributed by atoms with E-state index in [2.05, 4.69) is 10.1 Å². The summed E-state index contributed by atoms with van der Waals surface area (Å²) in [6, 6.07) is 13.2. The third-order valence-electron chi connectivity index (χ3n) is 5.19. The van der Waals surface area contributed by atoms with Gasteiger partial charge in [0.25, 0.3) is 5.91 Å². The first-order valence-electron chi connectivity index (χ1n) is 9.42. The van der Waals surface area contributed by atoms with Crippen LogP contribution in [0, 0.1) is 0 Å². The summed E-state index contributed by atoms with van der Waals surface area (Å²) in [6.07, 6.45) is 5.54. The first-order valence-corrected chi connectivity index (χ1v) is 11.2. The Morgan fingerprint density at radius 3 is 2.66 bits per heavy atom. The van der Waals surface area contributed by atoms with Crippen LogP contribution in [-0.4, -0.2) is 58.6 Å². The maximum absolute atomic E-state index is 13.3. The van der Waals surface area contributed by atoms with E-state index in [1.807, 2.05) is 36.4 Å². The molecule has 1 saturated heterocycles. The minimum absolute atomic E-state index is 0.00954. The lowest BCUT2D eigenvalue weighted by atomic mass is 10.1. The van der Waals surface area contributed by atoms with Crippen LogP contribution in [0.15, 0.2) is 61.1 Å². The Morgan fingerprint density at radius 2 is 2.00 bits per heavy atom. The van der Waals surface area contributed by atoms with E-state index >= 15 is 0 Å². The van der Waals surface area contributed by atoms with Crippen LogP contribution >= 0.6 is 0 Å². The van der Waals surface area contributed by atoms with Crippen LogP contribution in [0.4, 0.5) is 0 Å². The van der Waals surface area contributed by atoms with Crippen LogP contribution in [0.5, 0.6) is 0 Å². The zero-order valence-electron chi connectivity index (χ0n) is 16.1. The molecule has 0 bridgehead atoms. The molecule has 1 aromatic carbocycles. The van der Waals surface area contributed by atoms with E-state index in [4.69, 9.17) is 0 Å². The first-order chi connectivity index (χ1) is 13.9. The fourth-order valence-corrected chi connectivity index (χ4v) is 5.36. The number of carbonyl (C=O) groups excluding carboxylic acids is 1. The lowest BCUT2D eigenvalue weighted by molar-refractivity contribution is 0.0748. The summed E-state index contributed by atoms with van der Waals surface area (Å²) in [7, 11) is -1.42. The third kappa shape index (κ3) is 4.22. The number of sulfone groups is 1. The molecular formula is C21H22N4O3S. The number of pyridine rings is 1. The summed E-state index contributed by atoms with van der Waals surface area (Å²) in [5.41, 5.74) is 2.81. The van der Waals surface area contributed by atoms with Gasteiger partial charge in [-0.05, 0) is 24.1 Å². The highest BCUT2D eigenvalue weighted by molar-refractivity contribution is 7.91. The van der Waals surface area contributed by atoms with Crippen LogP contribution in [0.3, 0.4) is 0 Å². The zero-order valence-corrected chi connectivity index (χ0v) is 16.9. The van der Waals surface area contributed by atoms with Crippen LogP contribution in [0.1, 0.15) is 22.3 Å². The van der Waals surface area contributed by atoms with E-state index in [1.165, 1.54) is 4.90 Å². The number of nitrogens with zero attached hydrogens (tertiary/aromatic N) is 4. The predicted molar refractivity (Wildman–Crippen MR) is 110 cm³/mol. The summed E-state index contributed by atoms with van der Waals surface area (Å²) in [5.74, 6) is -0.0987. The Bertz CT molecular complexity index is 1110. The van der Waals surface area contributed by atoms with E-state index in [0.717, 1.165) is 11.1 Å². The topological polar surface area (TPSA) is 85.2 Å². The minimum atomic E-state index is -3.08. The van der Waals surface area contributed by atoms with Gasteiger partial charge in [-0.15, -0.1) is 0 Å². The van der Waals surface area contributed by atoms with E-state index in [9.17, 15) is 13.2 Å². The van der Waals surface area contributed by atoms with Crippen molar-refractivity contribution in [2.75, 3.05) is 18.6 Å². The molecule has 1 unspecified atom stereocenters. The van der Waals surface area contributed by atoms with Crippen LogP contribution in [0.25, 0.3) is 11.3 Å². The van der Waals surface area contributed by atoms with E-state index in [0.29, 0.717) is 24.2 Å². The lowest BCUT2D eigenvalue weighted by Crippen LogP contribution is -2.37. The molecule has 0 saturated carbocycles. The number of amides is 1. The summed E-state index contributed by atoms with van der Waals surface area (Å²) in [4.78, 5) is 18.9. The molecular weight excluding hydrogens is 388 g/mol. The highest BCUT2D eigenvalue weighted by Gasteiger charge is 2.34. The normalized spacial score (nSPS) is 17.9. The van der Waals surface area contributed by atoms with E-state index in [1.54, 1.807) is 36.4 Å². The number of aromatic nitrogens is 3. The van der Waals surface area contributed by atoms with Gasteiger partial charge in [0.2, 0.25) is 0 Å². The van der Waals surface area contributed by atoms with Gasteiger partial charge < -0.3 is 4.90 Å². The number of carbonyl (C=O) groups is 1. The van der Waals surface area contributed by atoms with Gasteiger partial charge in [-0.1, -0.05) is 30.3 Å². The van der Waals surface area contributed by atoms with Gasteiger partial charge in [0.15, 0.2) is 9.84 Å². The van der Waals surface area contributed by atoms with Crippen molar-refractivity contribution in [1.29, 1.82) is 0 Å². The second kappa shape index (κ2) is 7.79. The Kier molecular flexibility index (Phi) is 5.19. The smallest absolute Gasteiger partial charge is 0.257 e. The molecule has 1 amide bonds. The number of hydrogen-bond donors (Lipinski definition) is 0. The zero-order chi connectivity index (χ0) is 20.4. The third-order valence-corrected chi connectivity index (χ3v) is 6.94. The summed E-state index contributed by atoms with van der Waals surface area (Å²) in [6.45, 7) is 0.531. The quantitative estimate of drug-likeness (QED) is 0.644. The molecule has 150 valence electrons. The van der Waals surface area contributed by atoms with Crippen LogP contribution < -0.4 is 0 Å². The molecule has 4 rings (SSSR count). The average molecular weight is 410 g/mol. The minimum Gasteiger partial charge on any atom is -0.338 e. The first kappa shape index (κ1) is 19.3. The molecule has 7 nitrogen and oxygen atoms in total. The van der Waals surface area contributed by atoms with Gasteiger partial charge in [0.1, 0.15) is 5.69 Å². The molecule has 0 spiro atoms. The molecule has 1 aliphatic heterocycles. The van der Waals surface area contributed by atoms with Crippen molar-refractivity contribution in [3.8, 4) is 11.3 Å². The van der Waals surface area contributed by atoms with Crippen molar-refractivity contribution >= 4 is 15.7 Å². The van der Waals surface area contributed by atoms with Crippen LogP contribution in [-0.2, 0) is 16.4 Å². The molecule has 0 radical (unpaired) electrons. The molecule has 1 aliphatic rings. The van der Waals surface area contributed by atoms with Gasteiger partial charge in [-0.2, -0.15) is 5.10 Å². The maximum Gasteiger partial charge on any atom is 0.257 e. The van der Waals surface area contributed by atoms with Crippen molar-refractivity contribution < 1.29 is 13.2 Å². The standard InChI is InChI=1S/C21H22N4O3S/c1-24(18-9-11-29(27,28)15-18)21(26)19-14-25(13-16-6-3-2-4-7-16)23-20(19)17-8-5-10-22-12-17/h2-8,10,12,14,18H,9,11,13,15H2,1H3. The largest absolute Gasteiger partial charge is 0.338 e. The van der Waals surface area contributed by atoms with Gasteiger partial charge in [0, 0.05) is 37.2 Å². The van der Waals surface area contributed by atoms with Crippen molar-refractivity contribution in [2.45, 2.75) is 19.0 Å². The number of hydrogen-bond acceptors (Lipinski definition) is 5. The van der Waals surface area contributed by atoms with Crippen molar-refractivity contribution in [3.05, 3.63) is 72.2 Å². The van der Waals surface area contributed by atoms with Crippen molar-refractivity contribution in [1.82, 2.24) is 19.7 Å². The second-order valence-electron chi connectivity index (χ2n) is 7.29. The molecule has 3 heterocycles. The fraction of sp³-hybridized carbons (Fsp3) is 0.286. The summed E-state index contributed by atoms with van der Waals surface area (Å²) < 4.78 is 25.4. The Labute approximate surface area is 169 Å². The highest BCUT2D eigenvalue weighted by atomic mass is 32.2. The van der Waals surface area contributed by atoms with E-state index in [-0.39, 0.29) is 23.5 Å². The SMILES string of the molecule is CN(C(=O)c1cn(Cc2ccccc2)nc1-c1cccnc1)C1CCS(=O)(=O)C1. The molecule has 2 aromatic heterocycles. The fourth-order valence-electron chi connectivity index (χ4n) is 3.58. The molecule has 8 heteroatoms. The number of benzene rings is 1. The van der Waals surface area contributed by atoms with Crippen molar-refractivity contribution in [2.24, 2.45) is 0 Å². The monoisotopic (exact) mass is 410 g/mol. The lowest BCUT2D eigenvalue weighted by Gasteiger charge is -2.23. The van der Waals surface area contributed by atoms with Gasteiger partial charge in [-0.25, -0.2) is 8.42 Å². The van der Waals surface area contributed by atoms with Crippen molar-refractivity contribution in [3.63, 3.8) is 0 Å². The molecule has 3 aromatic rings. The Morgan fingerprint density at radius 1 is 1.21 bits per heavy atom. The van der Waals surface area contributed by atoms with Gasteiger partial charge in [-0.3, -0.25) is 14.5 Å². The van der Waals surface area contributed by atoms with Crippen LogP contribution in [0.2, 0.25) is 0 Å². The van der Waals surface area contributed by atoms with Gasteiger partial charge >= 0.3 is 0 Å². The summed E-state index contributed by atoms with van der Waals surface area (Å²) >= 11 is 0. The van der Waals surface area contributed by atoms with Gasteiger partial charge in [0.05, 0.1) is 23.6 Å². The Hall–Kier alpha value is -3.00. The molecule has 29 heavy (non-hydrogen) atoms. The Balaban J connectivity index is 1.68. The number of rotatable bonds is 5.